The summed E-state index contributed by atoms with van der Waals surface area (Å²) in [6, 6.07) is 16.6. The molecule has 5 heteroatoms. The first-order valence-corrected chi connectivity index (χ1v) is 19.4. The Labute approximate surface area is 209 Å². The Morgan fingerprint density at radius 3 is 2.11 bits per heavy atom. The second-order valence-corrected chi connectivity index (χ2v) is 22.2. The number of nitrogens with zero attached hydrogens (tertiary/aromatic N) is 1. The van der Waals surface area contributed by atoms with Crippen molar-refractivity contribution < 1.29 is 13.4 Å². The van der Waals surface area contributed by atoms with Gasteiger partial charge >= 0.3 is 0 Å². The van der Waals surface area contributed by atoms with E-state index in [0.29, 0.717) is 5.58 Å². The molecule has 180 valence electrons. The summed E-state index contributed by atoms with van der Waals surface area (Å²) in [6.45, 7) is 18.8. The minimum Gasteiger partial charge on any atom is -0.455 e. The zero-order valence-electron chi connectivity index (χ0n) is 22.4. The highest BCUT2D eigenvalue weighted by atomic mass is 28.3. The fourth-order valence-electron chi connectivity index (χ4n) is 5.22. The van der Waals surface area contributed by atoms with Crippen molar-refractivity contribution in [2.45, 2.75) is 53.1 Å². The van der Waals surface area contributed by atoms with Gasteiger partial charge < -0.3 is 4.42 Å². The summed E-state index contributed by atoms with van der Waals surface area (Å²) in [6.07, 6.45) is 0. The van der Waals surface area contributed by atoms with Gasteiger partial charge in [-0.1, -0.05) is 50.5 Å². The highest BCUT2D eigenvalue weighted by molar-refractivity contribution is 6.90. The van der Waals surface area contributed by atoms with Crippen molar-refractivity contribution >= 4 is 59.4 Å². The number of hydrogen-bond acceptors (Lipinski definition) is 1. The van der Waals surface area contributed by atoms with Crippen LogP contribution in [0.1, 0.15) is 11.1 Å². The SMILES string of the molecule is Cc1cc2c(oc3cc(F)ccc32)c(-c2cc([Si](C)(C)C)c3ccc([Si](C)(C)C)cc3[n+]2C)c1C. The van der Waals surface area contributed by atoms with Crippen LogP contribution in [0.15, 0.2) is 52.9 Å². The Balaban J connectivity index is 1.96. The normalized spacial score (nSPS) is 12.9. The lowest BCUT2D eigenvalue weighted by molar-refractivity contribution is -0.633. The fourth-order valence-corrected chi connectivity index (χ4v) is 7.97. The lowest BCUT2D eigenvalue weighted by Gasteiger charge is -2.22. The molecular formula is C30H35FNOSi2+. The summed E-state index contributed by atoms with van der Waals surface area (Å²) in [7, 11) is -0.973. The third kappa shape index (κ3) is 3.85. The van der Waals surface area contributed by atoms with Crippen molar-refractivity contribution in [1.29, 1.82) is 0 Å². The van der Waals surface area contributed by atoms with Crippen molar-refractivity contribution in [2.24, 2.45) is 7.05 Å². The quantitative estimate of drug-likeness (QED) is 0.191. The average Bonchev–Trinajstić information content (AvgIpc) is 3.10. The van der Waals surface area contributed by atoms with Crippen LogP contribution in [0.25, 0.3) is 44.1 Å². The number of pyridine rings is 1. The van der Waals surface area contributed by atoms with Gasteiger partial charge in [-0.2, -0.15) is 4.57 Å². The Hall–Kier alpha value is -2.77. The van der Waals surface area contributed by atoms with Crippen LogP contribution in [-0.2, 0) is 7.05 Å². The molecule has 2 aromatic heterocycles. The molecule has 0 aliphatic carbocycles. The summed E-state index contributed by atoms with van der Waals surface area (Å²) in [5, 5.41) is 6.28. The van der Waals surface area contributed by atoms with Gasteiger partial charge in [0.05, 0.1) is 21.7 Å². The molecule has 0 aliphatic heterocycles. The molecule has 0 amide bonds. The van der Waals surface area contributed by atoms with Crippen LogP contribution in [0.5, 0.6) is 0 Å². The molecule has 5 rings (SSSR count). The zero-order valence-corrected chi connectivity index (χ0v) is 24.4. The Morgan fingerprint density at radius 2 is 1.46 bits per heavy atom. The molecule has 0 unspecified atom stereocenters. The van der Waals surface area contributed by atoms with Crippen LogP contribution >= 0.6 is 0 Å². The molecular weight excluding hydrogens is 466 g/mol. The second-order valence-electron chi connectivity index (χ2n) is 12.0. The molecule has 0 aliphatic rings. The van der Waals surface area contributed by atoms with Crippen molar-refractivity contribution in [3.05, 3.63) is 65.5 Å². The Bertz CT molecular complexity index is 1650. The summed E-state index contributed by atoms with van der Waals surface area (Å²) in [5.74, 6) is -0.275. The maximum Gasteiger partial charge on any atom is 0.216 e. The molecule has 0 fully saturated rings. The third-order valence-electron chi connectivity index (χ3n) is 7.47. The maximum absolute atomic E-state index is 14.0. The summed E-state index contributed by atoms with van der Waals surface area (Å²) in [4.78, 5) is 0. The van der Waals surface area contributed by atoms with E-state index < -0.39 is 16.1 Å². The predicted octanol–water partition coefficient (Wildman–Crippen LogP) is 7.08. The zero-order chi connectivity index (χ0) is 25.4. The highest BCUT2D eigenvalue weighted by Gasteiger charge is 2.30. The molecule has 0 bridgehead atoms. The molecule has 0 saturated carbocycles. The van der Waals surface area contributed by atoms with Gasteiger partial charge in [0.25, 0.3) is 0 Å². The van der Waals surface area contributed by atoms with E-state index >= 15 is 0 Å². The van der Waals surface area contributed by atoms with Crippen LogP contribution < -0.4 is 14.9 Å². The van der Waals surface area contributed by atoms with E-state index in [9.17, 15) is 4.39 Å². The predicted molar refractivity (Wildman–Crippen MR) is 153 cm³/mol. The molecule has 0 N–H and O–H groups in total. The standard InChI is InChI=1S/C30H35FNOSi2/c1-18-14-24-22-12-10-20(31)15-27(22)33-30(24)29(19(18)2)26-17-28(35(7,8)9)23-13-11-21(34(4,5)6)16-25(23)32(26)3/h10-17H,1-9H3/q+1. The van der Waals surface area contributed by atoms with E-state index in [2.05, 4.69) is 95.1 Å². The number of fused-ring (bicyclic) bond motifs is 4. The van der Waals surface area contributed by atoms with Gasteiger partial charge in [-0.25, -0.2) is 4.39 Å². The number of aryl methyl sites for hydroxylation is 2. The molecule has 5 aromatic rings. The summed E-state index contributed by atoms with van der Waals surface area (Å²) < 4.78 is 22.8. The average molecular weight is 501 g/mol. The van der Waals surface area contributed by atoms with Gasteiger partial charge in [0.2, 0.25) is 11.2 Å². The van der Waals surface area contributed by atoms with Crippen LogP contribution in [0.3, 0.4) is 0 Å². The van der Waals surface area contributed by atoms with Crippen LogP contribution in [0, 0.1) is 19.7 Å². The third-order valence-corrected chi connectivity index (χ3v) is 11.5. The van der Waals surface area contributed by atoms with Crippen molar-refractivity contribution in [2.75, 3.05) is 0 Å². The summed E-state index contributed by atoms with van der Waals surface area (Å²) in [5.41, 5.74) is 7.40. The topological polar surface area (TPSA) is 17.0 Å². The largest absolute Gasteiger partial charge is 0.455 e. The van der Waals surface area contributed by atoms with Crippen LogP contribution in [0.4, 0.5) is 4.39 Å². The smallest absolute Gasteiger partial charge is 0.216 e. The molecule has 0 saturated heterocycles. The second kappa shape index (κ2) is 7.87. The number of rotatable bonds is 3. The van der Waals surface area contributed by atoms with Crippen molar-refractivity contribution in [1.82, 2.24) is 0 Å². The molecule has 0 atom stereocenters. The monoisotopic (exact) mass is 500 g/mol. The first-order chi connectivity index (χ1) is 16.3. The highest BCUT2D eigenvalue weighted by Crippen LogP contribution is 2.39. The van der Waals surface area contributed by atoms with E-state index in [0.717, 1.165) is 27.6 Å². The molecule has 0 spiro atoms. The Kier molecular flexibility index (Phi) is 5.39. The van der Waals surface area contributed by atoms with E-state index in [-0.39, 0.29) is 5.82 Å². The lowest BCUT2D eigenvalue weighted by Crippen LogP contribution is -2.45. The minimum absolute atomic E-state index is 0.275. The number of aromatic nitrogens is 1. The van der Waals surface area contributed by atoms with E-state index in [1.807, 2.05) is 6.07 Å². The summed E-state index contributed by atoms with van der Waals surface area (Å²) >= 11 is 0. The molecule has 2 heterocycles. The molecule has 2 nitrogen and oxygen atoms in total. The number of benzene rings is 3. The fraction of sp³-hybridized carbons (Fsp3) is 0.300. The first-order valence-electron chi connectivity index (χ1n) is 12.4. The van der Waals surface area contributed by atoms with Gasteiger partial charge in [0, 0.05) is 34.4 Å². The van der Waals surface area contributed by atoms with Crippen molar-refractivity contribution in [3.8, 4) is 11.3 Å². The van der Waals surface area contributed by atoms with Crippen LogP contribution in [-0.4, -0.2) is 16.1 Å². The van der Waals surface area contributed by atoms with Gasteiger partial charge in [0.1, 0.15) is 24.0 Å². The number of furan rings is 1. The van der Waals surface area contributed by atoms with Gasteiger partial charge in [-0.15, -0.1) is 0 Å². The Morgan fingerprint density at radius 1 is 0.771 bits per heavy atom. The minimum atomic E-state index is -1.67. The van der Waals surface area contributed by atoms with Crippen molar-refractivity contribution in [3.63, 3.8) is 0 Å². The number of halogens is 1. The first kappa shape index (κ1) is 24.0. The molecule has 0 radical (unpaired) electrons. The maximum atomic E-state index is 14.0. The van der Waals surface area contributed by atoms with Gasteiger partial charge in [-0.05, 0) is 54.4 Å². The van der Waals surface area contributed by atoms with E-state index in [1.54, 1.807) is 0 Å². The van der Waals surface area contributed by atoms with Gasteiger partial charge in [-0.3, -0.25) is 0 Å². The molecule has 35 heavy (non-hydrogen) atoms. The van der Waals surface area contributed by atoms with E-state index in [1.165, 1.54) is 44.5 Å². The molecule has 3 aromatic carbocycles. The lowest BCUT2D eigenvalue weighted by atomic mass is 9.96. The van der Waals surface area contributed by atoms with Gasteiger partial charge in [0.15, 0.2) is 0 Å². The van der Waals surface area contributed by atoms with Crippen LogP contribution in [0.2, 0.25) is 39.3 Å². The van der Waals surface area contributed by atoms with E-state index in [4.69, 9.17) is 4.42 Å². The number of hydrogen-bond donors (Lipinski definition) is 0.